The van der Waals surface area contributed by atoms with E-state index in [1.54, 1.807) is 31.2 Å². The lowest BCUT2D eigenvalue weighted by Gasteiger charge is -2.26. The van der Waals surface area contributed by atoms with Crippen LogP contribution < -0.4 is 5.32 Å². The Morgan fingerprint density at radius 3 is 2.52 bits per heavy atom. The van der Waals surface area contributed by atoms with Crippen LogP contribution in [-0.2, 0) is 11.2 Å². The molecule has 27 heavy (non-hydrogen) atoms. The molecule has 0 unspecified atom stereocenters. The number of thiophene rings is 1. The summed E-state index contributed by atoms with van der Waals surface area (Å²) in [5, 5.41) is 13.4. The van der Waals surface area contributed by atoms with E-state index in [2.05, 4.69) is 11.4 Å². The fraction of sp³-hybridized carbons (Fsp3) is 0.350. The standard InChI is InChI=1S/C20H20ClN3O2S/c1-13-16(12-22)19(23-17(25)11-14-5-7-15(21)8-6-14)27-18(13)20(26)24-9-3-2-4-10-24/h5-8H,2-4,9-11H2,1H3,(H,23,25). The van der Waals surface area contributed by atoms with Crippen LogP contribution in [0.5, 0.6) is 0 Å². The topological polar surface area (TPSA) is 73.2 Å². The summed E-state index contributed by atoms with van der Waals surface area (Å²) in [5.41, 5.74) is 1.83. The minimum Gasteiger partial charge on any atom is -0.338 e. The van der Waals surface area contributed by atoms with Crippen molar-refractivity contribution >= 4 is 39.8 Å². The van der Waals surface area contributed by atoms with Crippen LogP contribution in [0.25, 0.3) is 0 Å². The molecule has 1 N–H and O–H groups in total. The highest BCUT2D eigenvalue weighted by Crippen LogP contribution is 2.34. The summed E-state index contributed by atoms with van der Waals surface area (Å²) in [4.78, 5) is 27.6. The minimum atomic E-state index is -0.230. The molecule has 0 atom stereocenters. The fourth-order valence-electron chi connectivity index (χ4n) is 3.14. The molecule has 3 rings (SSSR count). The van der Waals surface area contributed by atoms with Crippen LogP contribution in [0.1, 0.15) is 45.6 Å². The Balaban J connectivity index is 1.77. The van der Waals surface area contributed by atoms with Gasteiger partial charge in [-0.3, -0.25) is 9.59 Å². The van der Waals surface area contributed by atoms with Crippen molar-refractivity contribution in [2.24, 2.45) is 0 Å². The fourth-order valence-corrected chi connectivity index (χ4v) is 4.41. The first-order chi connectivity index (χ1) is 13.0. The van der Waals surface area contributed by atoms with E-state index in [9.17, 15) is 14.9 Å². The highest BCUT2D eigenvalue weighted by atomic mass is 35.5. The van der Waals surface area contributed by atoms with Gasteiger partial charge in [-0.15, -0.1) is 11.3 Å². The first-order valence-electron chi connectivity index (χ1n) is 8.86. The van der Waals surface area contributed by atoms with E-state index in [0.29, 0.717) is 26.0 Å². The van der Waals surface area contributed by atoms with Crippen LogP contribution >= 0.6 is 22.9 Å². The number of carbonyl (C=O) groups is 2. The molecule has 0 spiro atoms. The largest absolute Gasteiger partial charge is 0.338 e. The molecular formula is C20H20ClN3O2S. The lowest BCUT2D eigenvalue weighted by Crippen LogP contribution is -2.35. The highest BCUT2D eigenvalue weighted by molar-refractivity contribution is 7.18. The van der Waals surface area contributed by atoms with Gasteiger partial charge < -0.3 is 10.2 Å². The quantitative estimate of drug-likeness (QED) is 0.825. The molecule has 1 fully saturated rings. The van der Waals surface area contributed by atoms with Crippen molar-refractivity contribution in [3.05, 3.63) is 50.9 Å². The van der Waals surface area contributed by atoms with Crippen molar-refractivity contribution < 1.29 is 9.59 Å². The molecule has 0 aliphatic carbocycles. The van der Waals surface area contributed by atoms with Crippen LogP contribution in [0.2, 0.25) is 5.02 Å². The average molecular weight is 402 g/mol. The number of nitrogens with one attached hydrogen (secondary N) is 1. The maximum Gasteiger partial charge on any atom is 0.264 e. The summed E-state index contributed by atoms with van der Waals surface area (Å²) in [5.74, 6) is -0.279. The first-order valence-corrected chi connectivity index (χ1v) is 10.1. The number of halogens is 1. The van der Waals surface area contributed by atoms with E-state index in [1.165, 1.54) is 11.3 Å². The van der Waals surface area contributed by atoms with Gasteiger partial charge in [-0.05, 0) is 49.4 Å². The number of carbonyl (C=O) groups excluding carboxylic acids is 2. The normalized spacial score (nSPS) is 13.9. The molecule has 2 aromatic rings. The molecule has 0 saturated carbocycles. The van der Waals surface area contributed by atoms with Gasteiger partial charge in [0, 0.05) is 18.1 Å². The van der Waals surface area contributed by atoms with E-state index in [1.807, 2.05) is 4.90 Å². The molecule has 1 aliphatic rings. The van der Waals surface area contributed by atoms with Crippen molar-refractivity contribution in [1.82, 2.24) is 4.90 Å². The first kappa shape index (κ1) is 19.4. The van der Waals surface area contributed by atoms with Crippen LogP contribution in [-0.4, -0.2) is 29.8 Å². The van der Waals surface area contributed by atoms with Crippen LogP contribution in [0.15, 0.2) is 24.3 Å². The molecule has 0 bridgehead atoms. The predicted octanol–water partition coefficient (Wildman–Crippen LogP) is 4.39. The predicted molar refractivity (Wildman–Crippen MR) is 107 cm³/mol. The van der Waals surface area contributed by atoms with Gasteiger partial charge in [0.15, 0.2) is 0 Å². The molecule has 7 heteroatoms. The third-order valence-corrected chi connectivity index (χ3v) is 6.07. The second kappa shape index (κ2) is 8.55. The van der Waals surface area contributed by atoms with Gasteiger partial charge in [-0.2, -0.15) is 5.26 Å². The lowest BCUT2D eigenvalue weighted by atomic mass is 10.1. The van der Waals surface area contributed by atoms with Gasteiger partial charge in [0.05, 0.1) is 16.9 Å². The molecule has 5 nitrogen and oxygen atoms in total. The maximum absolute atomic E-state index is 12.8. The third kappa shape index (κ3) is 4.49. The molecule has 2 amide bonds. The Labute approximate surface area is 167 Å². The average Bonchev–Trinajstić information content (AvgIpc) is 2.98. The van der Waals surface area contributed by atoms with Gasteiger partial charge >= 0.3 is 0 Å². The van der Waals surface area contributed by atoms with Crippen molar-refractivity contribution in [3.8, 4) is 6.07 Å². The summed E-state index contributed by atoms with van der Waals surface area (Å²) in [7, 11) is 0. The number of amides is 2. The van der Waals surface area contributed by atoms with Crippen molar-refractivity contribution in [2.45, 2.75) is 32.6 Å². The Hall–Kier alpha value is -2.36. The monoisotopic (exact) mass is 401 g/mol. The number of nitriles is 1. The summed E-state index contributed by atoms with van der Waals surface area (Å²) in [6, 6.07) is 9.17. The zero-order chi connectivity index (χ0) is 19.4. The number of hydrogen-bond acceptors (Lipinski definition) is 4. The van der Waals surface area contributed by atoms with Crippen LogP contribution in [0, 0.1) is 18.3 Å². The maximum atomic E-state index is 12.8. The molecule has 1 saturated heterocycles. The number of anilines is 1. The highest BCUT2D eigenvalue weighted by Gasteiger charge is 2.25. The second-order valence-corrected chi connectivity index (χ2v) is 8.03. The van der Waals surface area contributed by atoms with Gasteiger partial charge in [-0.25, -0.2) is 0 Å². The number of rotatable bonds is 4. The molecule has 1 aliphatic heterocycles. The Bertz CT molecular complexity index is 893. The van der Waals surface area contributed by atoms with Gasteiger partial charge in [0.2, 0.25) is 5.91 Å². The Morgan fingerprint density at radius 1 is 1.22 bits per heavy atom. The van der Waals surface area contributed by atoms with Crippen molar-refractivity contribution in [2.75, 3.05) is 18.4 Å². The number of benzene rings is 1. The van der Waals surface area contributed by atoms with Crippen LogP contribution in [0.4, 0.5) is 5.00 Å². The molecule has 140 valence electrons. The van der Waals surface area contributed by atoms with Crippen molar-refractivity contribution in [3.63, 3.8) is 0 Å². The summed E-state index contributed by atoms with van der Waals surface area (Å²) < 4.78 is 0. The molecular weight excluding hydrogens is 382 g/mol. The molecule has 0 radical (unpaired) electrons. The van der Waals surface area contributed by atoms with E-state index in [0.717, 1.165) is 37.9 Å². The number of nitrogens with zero attached hydrogens (tertiary/aromatic N) is 2. The lowest BCUT2D eigenvalue weighted by molar-refractivity contribution is -0.115. The van der Waals surface area contributed by atoms with Gasteiger partial charge in [-0.1, -0.05) is 23.7 Å². The number of piperidine rings is 1. The summed E-state index contributed by atoms with van der Waals surface area (Å²) in [6.45, 7) is 3.26. The second-order valence-electron chi connectivity index (χ2n) is 6.58. The van der Waals surface area contributed by atoms with Crippen LogP contribution in [0.3, 0.4) is 0 Å². The summed E-state index contributed by atoms with van der Waals surface area (Å²) in [6.07, 6.45) is 3.33. The smallest absolute Gasteiger partial charge is 0.264 e. The van der Waals surface area contributed by atoms with Gasteiger partial charge in [0.25, 0.3) is 5.91 Å². The molecule has 1 aromatic heterocycles. The minimum absolute atomic E-state index is 0.0492. The third-order valence-electron chi connectivity index (χ3n) is 4.63. The van der Waals surface area contributed by atoms with E-state index >= 15 is 0 Å². The van der Waals surface area contributed by atoms with Crippen molar-refractivity contribution in [1.29, 1.82) is 5.26 Å². The molecule has 1 aromatic carbocycles. The SMILES string of the molecule is Cc1c(C(=O)N2CCCCC2)sc(NC(=O)Cc2ccc(Cl)cc2)c1C#N. The Morgan fingerprint density at radius 2 is 1.89 bits per heavy atom. The number of hydrogen-bond donors (Lipinski definition) is 1. The zero-order valence-corrected chi connectivity index (χ0v) is 16.6. The van der Waals surface area contributed by atoms with E-state index in [-0.39, 0.29) is 18.2 Å². The van der Waals surface area contributed by atoms with E-state index < -0.39 is 0 Å². The Kier molecular flexibility index (Phi) is 6.15. The number of likely N-dealkylation sites (tertiary alicyclic amines) is 1. The summed E-state index contributed by atoms with van der Waals surface area (Å²) >= 11 is 7.05. The van der Waals surface area contributed by atoms with Gasteiger partial charge in [0.1, 0.15) is 11.1 Å². The molecule has 2 heterocycles. The zero-order valence-electron chi connectivity index (χ0n) is 15.0. The van der Waals surface area contributed by atoms with E-state index in [4.69, 9.17) is 11.6 Å².